The topological polar surface area (TPSA) is 38.1 Å². The maximum absolute atomic E-state index is 5.31. The van der Waals surface area contributed by atoms with Gasteiger partial charge in [0.25, 0.3) is 0 Å². The lowest BCUT2D eigenvalue weighted by atomic mass is 10.1. The molecule has 0 radical (unpaired) electrons. The Morgan fingerprint density at radius 3 is 3.06 bits per heavy atom. The predicted molar refractivity (Wildman–Crippen MR) is 70.2 cm³/mol. The molecule has 0 amide bonds. The number of rotatable bonds is 6. The molecule has 92 valence electrons. The van der Waals surface area contributed by atoms with Crippen molar-refractivity contribution in [2.24, 2.45) is 0 Å². The number of hydrogen-bond donors (Lipinski definition) is 1. The molecule has 0 aliphatic rings. The van der Waals surface area contributed by atoms with Crippen molar-refractivity contribution in [1.82, 2.24) is 10.3 Å². The van der Waals surface area contributed by atoms with E-state index in [2.05, 4.69) is 24.1 Å². The normalized spacial score (nSPS) is 12.8. The fourth-order valence-electron chi connectivity index (χ4n) is 1.66. The monoisotopic (exact) mass is 250 g/mol. The highest BCUT2D eigenvalue weighted by molar-refractivity contribution is 7.11. The van der Waals surface area contributed by atoms with Crippen LogP contribution in [0.5, 0.6) is 0 Å². The van der Waals surface area contributed by atoms with Gasteiger partial charge in [0.15, 0.2) is 0 Å². The van der Waals surface area contributed by atoms with Gasteiger partial charge in [0.05, 0.1) is 6.26 Å². The molecule has 2 aromatic rings. The molecule has 0 spiro atoms. The molecule has 1 N–H and O–H groups in total. The summed E-state index contributed by atoms with van der Waals surface area (Å²) in [6.45, 7) is 5.14. The minimum absolute atomic E-state index is 0.476. The number of nitrogens with one attached hydrogen (secondary N) is 1. The summed E-state index contributed by atoms with van der Waals surface area (Å²) in [7, 11) is 0. The third kappa shape index (κ3) is 3.98. The zero-order chi connectivity index (χ0) is 12.1. The van der Waals surface area contributed by atoms with E-state index in [0.29, 0.717) is 6.04 Å². The van der Waals surface area contributed by atoms with Crippen LogP contribution in [0.15, 0.2) is 29.0 Å². The van der Waals surface area contributed by atoms with Crippen molar-refractivity contribution in [3.05, 3.63) is 40.2 Å². The second-order valence-corrected chi connectivity index (χ2v) is 5.58. The molecular formula is C13H18N2OS. The number of furan rings is 1. The highest BCUT2D eigenvalue weighted by atomic mass is 32.1. The van der Waals surface area contributed by atoms with Gasteiger partial charge >= 0.3 is 0 Å². The smallest absolute Gasteiger partial charge is 0.107 e. The Hall–Kier alpha value is -1.13. The van der Waals surface area contributed by atoms with E-state index in [1.54, 1.807) is 17.6 Å². The standard InChI is InChI=1S/C13H18N2OS/c1-10(5-6-12-4-3-7-16-12)14-9-13-15-8-11(2)17-13/h3-4,7-8,10,14H,5-6,9H2,1-2H3. The van der Waals surface area contributed by atoms with Gasteiger partial charge < -0.3 is 9.73 Å². The first-order valence-corrected chi connectivity index (χ1v) is 6.73. The van der Waals surface area contributed by atoms with Gasteiger partial charge in [0.2, 0.25) is 0 Å². The van der Waals surface area contributed by atoms with Crippen molar-refractivity contribution < 1.29 is 4.42 Å². The molecule has 0 saturated carbocycles. The van der Waals surface area contributed by atoms with Gasteiger partial charge in [-0.1, -0.05) is 0 Å². The molecule has 4 heteroatoms. The van der Waals surface area contributed by atoms with Gasteiger partial charge in [-0.15, -0.1) is 11.3 Å². The summed E-state index contributed by atoms with van der Waals surface area (Å²) in [5.74, 6) is 1.06. The van der Waals surface area contributed by atoms with Gasteiger partial charge in [-0.05, 0) is 32.4 Å². The van der Waals surface area contributed by atoms with E-state index >= 15 is 0 Å². The van der Waals surface area contributed by atoms with Crippen LogP contribution in [0.1, 0.15) is 29.0 Å². The first kappa shape index (κ1) is 12.3. The summed E-state index contributed by atoms with van der Waals surface area (Å²) in [6.07, 6.45) is 5.72. The van der Waals surface area contributed by atoms with Crippen molar-refractivity contribution in [2.45, 2.75) is 39.3 Å². The van der Waals surface area contributed by atoms with Crippen LogP contribution in [0.3, 0.4) is 0 Å². The molecule has 2 rings (SSSR count). The Morgan fingerprint density at radius 1 is 1.53 bits per heavy atom. The molecule has 0 fully saturated rings. The third-order valence-electron chi connectivity index (χ3n) is 2.67. The molecule has 0 aromatic carbocycles. The second-order valence-electron chi connectivity index (χ2n) is 4.26. The molecule has 17 heavy (non-hydrogen) atoms. The quantitative estimate of drug-likeness (QED) is 0.856. The first-order valence-electron chi connectivity index (χ1n) is 5.91. The number of aromatic nitrogens is 1. The minimum atomic E-state index is 0.476. The summed E-state index contributed by atoms with van der Waals surface area (Å²) in [6, 6.07) is 4.44. The van der Waals surface area contributed by atoms with Crippen molar-refractivity contribution in [3.8, 4) is 0 Å². The van der Waals surface area contributed by atoms with Gasteiger partial charge in [-0.25, -0.2) is 4.98 Å². The molecule has 1 atom stereocenters. The van der Waals surface area contributed by atoms with Crippen LogP contribution in [-0.2, 0) is 13.0 Å². The molecular weight excluding hydrogens is 232 g/mol. The van der Waals surface area contributed by atoms with E-state index in [4.69, 9.17) is 4.42 Å². The van der Waals surface area contributed by atoms with E-state index in [1.165, 1.54) is 4.88 Å². The highest BCUT2D eigenvalue weighted by Crippen LogP contribution is 2.11. The maximum atomic E-state index is 5.31. The molecule has 0 aliphatic heterocycles. The number of nitrogens with zero attached hydrogens (tertiary/aromatic N) is 1. The lowest BCUT2D eigenvalue weighted by Crippen LogP contribution is -2.25. The summed E-state index contributed by atoms with van der Waals surface area (Å²) < 4.78 is 5.31. The van der Waals surface area contributed by atoms with E-state index in [1.807, 2.05) is 18.3 Å². The Labute approximate surface area is 106 Å². The Bertz CT molecular complexity index is 436. The largest absolute Gasteiger partial charge is 0.469 e. The fourth-order valence-corrected chi connectivity index (χ4v) is 2.40. The van der Waals surface area contributed by atoms with Crippen LogP contribution >= 0.6 is 11.3 Å². The lowest BCUT2D eigenvalue weighted by Gasteiger charge is -2.11. The Balaban J connectivity index is 1.69. The van der Waals surface area contributed by atoms with Crippen molar-refractivity contribution in [2.75, 3.05) is 0 Å². The van der Waals surface area contributed by atoms with Crippen LogP contribution in [0, 0.1) is 6.92 Å². The van der Waals surface area contributed by atoms with Gasteiger partial charge in [-0.2, -0.15) is 0 Å². The van der Waals surface area contributed by atoms with Crippen molar-refractivity contribution in [1.29, 1.82) is 0 Å². The summed E-state index contributed by atoms with van der Waals surface area (Å²) in [5, 5.41) is 4.64. The number of thiazole rings is 1. The molecule has 2 heterocycles. The van der Waals surface area contributed by atoms with Gasteiger partial charge in [-0.3, -0.25) is 0 Å². The van der Waals surface area contributed by atoms with Gasteiger partial charge in [0.1, 0.15) is 10.8 Å². The zero-order valence-corrected chi connectivity index (χ0v) is 11.1. The van der Waals surface area contributed by atoms with Crippen LogP contribution in [0.4, 0.5) is 0 Å². The third-order valence-corrected chi connectivity index (χ3v) is 3.59. The van der Waals surface area contributed by atoms with Crippen molar-refractivity contribution in [3.63, 3.8) is 0 Å². The average Bonchev–Trinajstić information content (AvgIpc) is 2.95. The number of hydrogen-bond acceptors (Lipinski definition) is 4. The Kier molecular flexibility index (Phi) is 4.34. The summed E-state index contributed by atoms with van der Waals surface area (Å²) >= 11 is 1.75. The van der Waals surface area contributed by atoms with Crippen LogP contribution in [0.2, 0.25) is 0 Å². The second kappa shape index (κ2) is 5.98. The molecule has 1 unspecified atom stereocenters. The highest BCUT2D eigenvalue weighted by Gasteiger charge is 2.05. The van der Waals surface area contributed by atoms with E-state index in [9.17, 15) is 0 Å². The number of aryl methyl sites for hydroxylation is 2. The minimum Gasteiger partial charge on any atom is -0.469 e. The Morgan fingerprint density at radius 2 is 2.41 bits per heavy atom. The van der Waals surface area contributed by atoms with E-state index < -0.39 is 0 Å². The average molecular weight is 250 g/mol. The fraction of sp³-hybridized carbons (Fsp3) is 0.462. The SMILES string of the molecule is Cc1cnc(CNC(C)CCc2ccco2)s1. The van der Waals surface area contributed by atoms with Crippen molar-refractivity contribution >= 4 is 11.3 Å². The molecule has 0 bridgehead atoms. The van der Waals surface area contributed by atoms with Gasteiger partial charge in [0, 0.05) is 30.1 Å². The van der Waals surface area contributed by atoms with E-state index in [-0.39, 0.29) is 0 Å². The maximum Gasteiger partial charge on any atom is 0.107 e. The predicted octanol–water partition coefficient (Wildman–Crippen LogP) is 3.16. The summed E-state index contributed by atoms with van der Waals surface area (Å²) in [4.78, 5) is 5.60. The first-order chi connectivity index (χ1) is 8.24. The van der Waals surface area contributed by atoms with Crippen LogP contribution in [0.25, 0.3) is 0 Å². The summed E-state index contributed by atoms with van der Waals surface area (Å²) in [5.41, 5.74) is 0. The molecule has 0 saturated heterocycles. The lowest BCUT2D eigenvalue weighted by molar-refractivity contribution is 0.459. The molecule has 3 nitrogen and oxygen atoms in total. The van der Waals surface area contributed by atoms with E-state index in [0.717, 1.165) is 30.2 Å². The van der Waals surface area contributed by atoms with Crippen LogP contribution < -0.4 is 5.32 Å². The molecule has 0 aliphatic carbocycles. The van der Waals surface area contributed by atoms with Crippen LogP contribution in [-0.4, -0.2) is 11.0 Å². The zero-order valence-electron chi connectivity index (χ0n) is 10.3. The molecule has 2 aromatic heterocycles.